The van der Waals surface area contributed by atoms with E-state index in [4.69, 9.17) is 15.9 Å². The summed E-state index contributed by atoms with van der Waals surface area (Å²) in [4.78, 5) is 37.8. The summed E-state index contributed by atoms with van der Waals surface area (Å²) in [5, 5.41) is 2.17. The number of ether oxygens (including phenoxy) is 2. The van der Waals surface area contributed by atoms with Crippen LogP contribution in [-0.2, 0) is 9.59 Å². The van der Waals surface area contributed by atoms with Gasteiger partial charge >= 0.3 is 0 Å². The Morgan fingerprint density at radius 1 is 1.24 bits per heavy atom. The maximum Gasteiger partial charge on any atom is 0.294 e. The molecule has 0 atom stereocenters. The lowest BCUT2D eigenvalue weighted by molar-refractivity contribution is -0.122. The zero-order chi connectivity index (χ0) is 24.0. The largest absolute Gasteiger partial charge is 0.490 e. The predicted molar refractivity (Wildman–Crippen MR) is 127 cm³/mol. The fourth-order valence-electron chi connectivity index (χ4n) is 2.78. The minimum atomic E-state index is -0.467. The molecular weight excluding hydrogens is 515 g/mol. The van der Waals surface area contributed by atoms with E-state index in [1.807, 2.05) is 0 Å². The van der Waals surface area contributed by atoms with Gasteiger partial charge < -0.3 is 14.8 Å². The van der Waals surface area contributed by atoms with E-state index < -0.39 is 22.9 Å². The van der Waals surface area contributed by atoms with Crippen molar-refractivity contribution in [2.45, 2.75) is 6.92 Å². The first-order chi connectivity index (χ1) is 15.8. The molecule has 0 aliphatic carbocycles. The molecule has 7 nitrogen and oxygen atoms in total. The number of carbonyl (C=O) groups is 3. The number of nitrogens with zero attached hydrogens (tertiary/aromatic N) is 1. The highest BCUT2D eigenvalue weighted by Gasteiger charge is 2.34. The van der Waals surface area contributed by atoms with Gasteiger partial charge in [0.15, 0.2) is 18.1 Å². The molecule has 0 radical (unpaired) electrons. The SMILES string of the molecule is C#CCN1C(=O)S/C(=C/c2cc(OCC)c(OCC(=O)Nc3ccc(F)cc3)cc2Br)C1=O. The number of carbonyl (C=O) groups excluding carboxylic acids is 3. The summed E-state index contributed by atoms with van der Waals surface area (Å²) in [5.41, 5.74) is 1.01. The van der Waals surface area contributed by atoms with Gasteiger partial charge in [0.05, 0.1) is 18.1 Å². The van der Waals surface area contributed by atoms with Crippen molar-refractivity contribution in [3.63, 3.8) is 0 Å². The maximum atomic E-state index is 13.0. The van der Waals surface area contributed by atoms with E-state index >= 15 is 0 Å². The van der Waals surface area contributed by atoms with Gasteiger partial charge in [-0.05, 0) is 66.7 Å². The number of imide groups is 1. The van der Waals surface area contributed by atoms with Gasteiger partial charge in [-0.15, -0.1) is 6.42 Å². The molecule has 1 saturated heterocycles. The molecule has 0 bridgehead atoms. The van der Waals surface area contributed by atoms with Gasteiger partial charge in [0.25, 0.3) is 17.1 Å². The molecule has 170 valence electrons. The van der Waals surface area contributed by atoms with Crippen LogP contribution in [0.25, 0.3) is 6.08 Å². The summed E-state index contributed by atoms with van der Waals surface area (Å²) in [6.07, 6.45) is 6.77. The van der Waals surface area contributed by atoms with Gasteiger partial charge in [0.2, 0.25) is 0 Å². The molecule has 3 rings (SSSR count). The molecule has 1 aliphatic rings. The summed E-state index contributed by atoms with van der Waals surface area (Å²) in [5.74, 6) is 1.63. The zero-order valence-electron chi connectivity index (χ0n) is 17.4. The van der Waals surface area contributed by atoms with Crippen LogP contribution in [0.15, 0.2) is 45.8 Å². The number of terminal acetylenes is 1. The molecule has 33 heavy (non-hydrogen) atoms. The standard InChI is InChI=1S/C23H18BrFN2O5S/c1-3-9-27-22(29)20(33-23(27)30)11-14-10-18(31-4-2)19(12-17(14)24)32-13-21(28)26-16-7-5-15(25)6-8-16/h1,5-8,10-12H,4,9,13H2,2H3,(H,26,28)/b20-11+. The van der Waals surface area contributed by atoms with Crippen LogP contribution in [0.2, 0.25) is 0 Å². The fourth-order valence-corrected chi connectivity index (χ4v) is 4.05. The number of benzene rings is 2. The average molecular weight is 533 g/mol. The van der Waals surface area contributed by atoms with Gasteiger partial charge in [-0.25, -0.2) is 4.39 Å². The van der Waals surface area contributed by atoms with Crippen LogP contribution >= 0.6 is 27.7 Å². The van der Waals surface area contributed by atoms with Crippen LogP contribution in [0.5, 0.6) is 11.5 Å². The van der Waals surface area contributed by atoms with Gasteiger partial charge in [0.1, 0.15) is 5.82 Å². The lowest BCUT2D eigenvalue weighted by atomic mass is 10.2. The zero-order valence-corrected chi connectivity index (χ0v) is 19.8. The Bertz CT molecular complexity index is 1160. The molecule has 2 aromatic carbocycles. The second-order valence-electron chi connectivity index (χ2n) is 6.57. The summed E-state index contributed by atoms with van der Waals surface area (Å²) < 4.78 is 24.8. The Morgan fingerprint density at radius 3 is 2.61 bits per heavy atom. The normalized spacial score (nSPS) is 14.4. The Labute approximate surface area is 202 Å². The lowest BCUT2D eigenvalue weighted by Gasteiger charge is -2.14. The monoisotopic (exact) mass is 532 g/mol. The van der Waals surface area contributed by atoms with Crippen LogP contribution < -0.4 is 14.8 Å². The van der Waals surface area contributed by atoms with E-state index in [2.05, 4.69) is 27.2 Å². The highest BCUT2D eigenvalue weighted by Crippen LogP contribution is 2.38. The van der Waals surface area contributed by atoms with Crippen molar-refractivity contribution in [3.05, 3.63) is 57.2 Å². The maximum absolute atomic E-state index is 13.0. The third kappa shape index (κ3) is 6.15. The number of thioether (sulfide) groups is 1. The Kier molecular flexibility index (Phi) is 8.14. The van der Waals surface area contributed by atoms with Crippen molar-refractivity contribution in [1.82, 2.24) is 4.90 Å². The third-order valence-electron chi connectivity index (χ3n) is 4.26. The van der Waals surface area contributed by atoms with Crippen LogP contribution in [0.3, 0.4) is 0 Å². The van der Waals surface area contributed by atoms with Crippen molar-refractivity contribution < 1.29 is 28.2 Å². The molecule has 1 N–H and O–H groups in total. The molecule has 1 aliphatic heterocycles. The third-order valence-corrected chi connectivity index (χ3v) is 5.85. The second-order valence-corrected chi connectivity index (χ2v) is 8.42. The van der Waals surface area contributed by atoms with Gasteiger partial charge in [-0.1, -0.05) is 21.9 Å². The highest BCUT2D eigenvalue weighted by molar-refractivity contribution is 9.10. The van der Waals surface area contributed by atoms with E-state index in [1.165, 1.54) is 24.3 Å². The summed E-state index contributed by atoms with van der Waals surface area (Å²) in [6, 6.07) is 8.59. The van der Waals surface area contributed by atoms with Gasteiger partial charge in [-0.3, -0.25) is 19.3 Å². The van der Waals surface area contributed by atoms with Crippen molar-refractivity contribution in [1.29, 1.82) is 0 Å². The smallest absolute Gasteiger partial charge is 0.294 e. The number of rotatable bonds is 8. The summed E-state index contributed by atoms with van der Waals surface area (Å²) in [6.45, 7) is 1.71. The van der Waals surface area contributed by atoms with Crippen molar-refractivity contribution in [2.75, 3.05) is 25.1 Å². The van der Waals surface area contributed by atoms with Crippen LogP contribution in [0.1, 0.15) is 12.5 Å². The molecule has 0 spiro atoms. The van der Waals surface area contributed by atoms with Crippen LogP contribution in [0.4, 0.5) is 14.9 Å². The number of nitrogens with one attached hydrogen (secondary N) is 1. The number of halogens is 2. The first kappa shape index (κ1) is 24.4. The topological polar surface area (TPSA) is 84.9 Å². The van der Waals surface area contributed by atoms with E-state index in [0.29, 0.717) is 33.8 Å². The molecule has 3 amide bonds. The first-order valence-electron chi connectivity index (χ1n) is 9.65. The molecule has 2 aromatic rings. The number of amides is 3. The van der Waals surface area contributed by atoms with Crippen molar-refractivity contribution in [2.24, 2.45) is 0 Å². The number of hydrogen-bond donors (Lipinski definition) is 1. The van der Waals surface area contributed by atoms with Crippen molar-refractivity contribution in [3.8, 4) is 23.8 Å². The lowest BCUT2D eigenvalue weighted by Crippen LogP contribution is -2.28. The first-order valence-corrected chi connectivity index (χ1v) is 11.3. The van der Waals surface area contributed by atoms with Crippen molar-refractivity contribution >= 4 is 56.5 Å². The summed E-state index contributed by atoms with van der Waals surface area (Å²) in [7, 11) is 0. The fraction of sp³-hybridized carbons (Fsp3) is 0.174. The van der Waals surface area contributed by atoms with E-state index in [9.17, 15) is 18.8 Å². The average Bonchev–Trinajstić information content (AvgIpc) is 3.04. The molecule has 0 aromatic heterocycles. The van der Waals surface area contributed by atoms with E-state index in [1.54, 1.807) is 25.1 Å². The highest BCUT2D eigenvalue weighted by atomic mass is 79.9. The van der Waals surface area contributed by atoms with Gasteiger partial charge in [0, 0.05) is 10.2 Å². The molecule has 1 heterocycles. The molecular formula is C23H18BrFN2O5S. The second kappa shape index (κ2) is 11.0. The molecule has 0 saturated carbocycles. The number of hydrogen-bond acceptors (Lipinski definition) is 6. The molecule has 0 unspecified atom stereocenters. The Balaban J connectivity index is 1.76. The minimum absolute atomic E-state index is 0.0971. The Hall–Kier alpha value is -3.29. The Morgan fingerprint density at radius 2 is 1.94 bits per heavy atom. The number of anilines is 1. The predicted octanol–water partition coefficient (Wildman–Crippen LogP) is 4.67. The summed E-state index contributed by atoms with van der Waals surface area (Å²) >= 11 is 4.22. The molecule has 10 heteroatoms. The van der Waals surface area contributed by atoms with E-state index in [0.717, 1.165) is 16.7 Å². The van der Waals surface area contributed by atoms with Gasteiger partial charge in [-0.2, -0.15) is 0 Å². The van der Waals surface area contributed by atoms with Crippen LogP contribution in [-0.4, -0.2) is 41.7 Å². The minimum Gasteiger partial charge on any atom is -0.490 e. The van der Waals surface area contributed by atoms with Crippen LogP contribution in [0, 0.1) is 18.2 Å². The van der Waals surface area contributed by atoms with E-state index in [-0.39, 0.29) is 18.1 Å². The molecule has 1 fully saturated rings. The quantitative estimate of drug-likeness (QED) is 0.392.